The zero-order valence-corrected chi connectivity index (χ0v) is 20.5. The molecule has 3 N–H and O–H groups in total. The maximum Gasteiger partial charge on any atom is 0.273 e. The van der Waals surface area contributed by atoms with Crippen LogP contribution < -0.4 is 15.8 Å². The number of hydrogen-bond donors (Lipinski definition) is 2. The van der Waals surface area contributed by atoms with Crippen LogP contribution in [0.1, 0.15) is 54.8 Å². The number of carbonyl (C=O) groups is 1. The number of allylic oxidation sites excluding steroid dienone is 1. The summed E-state index contributed by atoms with van der Waals surface area (Å²) < 4.78 is 7.79. The molecule has 0 unspecified atom stereocenters. The number of non-ortho nitro benzene ring substituents is 1. The summed E-state index contributed by atoms with van der Waals surface area (Å²) in [5.41, 5.74) is 6.69. The molecular formula is C25H28N8O4. The van der Waals surface area contributed by atoms with Crippen molar-refractivity contribution in [2.75, 3.05) is 18.4 Å². The van der Waals surface area contributed by atoms with Crippen LogP contribution in [0.15, 0.2) is 43.2 Å². The van der Waals surface area contributed by atoms with Gasteiger partial charge in [-0.1, -0.05) is 12.6 Å². The minimum absolute atomic E-state index is 0.0281. The number of ether oxygens (including phenoxy) is 1. The standard InChI is InChI=1S/C25H28N8O4/c1-15(2)21-25(37-20-5-3-4-19(12-20)33(35)36)30-24(22(29-21)23(26)34)28-16-13-27-32(14-16)18-8-10-31(11-9-18)17-6-7-17/h3-5,12-14,17-18H,1,6-11H2,2H3,(H2,26,34)(H,28,30). The van der Waals surface area contributed by atoms with Crippen molar-refractivity contribution < 1.29 is 14.5 Å². The summed E-state index contributed by atoms with van der Waals surface area (Å²) in [6, 6.07) is 6.76. The monoisotopic (exact) mass is 504 g/mol. The number of rotatable bonds is 9. The molecule has 192 valence electrons. The number of nitro groups is 1. The van der Waals surface area contributed by atoms with E-state index < -0.39 is 10.8 Å². The van der Waals surface area contributed by atoms with Crippen LogP contribution in [0, 0.1) is 10.1 Å². The lowest BCUT2D eigenvalue weighted by atomic mass is 10.1. The summed E-state index contributed by atoms with van der Waals surface area (Å²) >= 11 is 0. The second-order valence-electron chi connectivity index (χ2n) is 9.41. The van der Waals surface area contributed by atoms with E-state index in [1.165, 1.54) is 31.0 Å². The minimum Gasteiger partial charge on any atom is -0.437 e. The topological polar surface area (TPSA) is 154 Å². The molecule has 0 bridgehead atoms. The van der Waals surface area contributed by atoms with E-state index in [0.29, 0.717) is 17.3 Å². The van der Waals surface area contributed by atoms with Gasteiger partial charge in [0.15, 0.2) is 11.5 Å². The highest BCUT2D eigenvalue weighted by Crippen LogP contribution is 2.34. The van der Waals surface area contributed by atoms with Crippen LogP contribution in [0.2, 0.25) is 0 Å². The summed E-state index contributed by atoms with van der Waals surface area (Å²) in [7, 11) is 0. The van der Waals surface area contributed by atoms with Gasteiger partial charge in [-0.2, -0.15) is 10.1 Å². The minimum atomic E-state index is -0.778. The Morgan fingerprint density at radius 2 is 1.95 bits per heavy atom. The fourth-order valence-electron chi connectivity index (χ4n) is 4.49. The Balaban J connectivity index is 1.40. The SMILES string of the molecule is C=C(C)c1nc(C(N)=O)c(Nc2cnn(C3CCN(C4CC4)CC3)c2)nc1Oc1cccc([N+](=O)[O-])c1. The number of primary amides is 1. The molecule has 2 aromatic heterocycles. The Morgan fingerprint density at radius 1 is 1.19 bits per heavy atom. The van der Waals surface area contributed by atoms with E-state index in [2.05, 4.69) is 31.9 Å². The lowest BCUT2D eigenvalue weighted by molar-refractivity contribution is -0.384. The van der Waals surface area contributed by atoms with E-state index in [1.54, 1.807) is 19.2 Å². The number of benzene rings is 1. The van der Waals surface area contributed by atoms with E-state index in [-0.39, 0.29) is 34.5 Å². The van der Waals surface area contributed by atoms with Crippen LogP contribution in [-0.4, -0.2) is 54.6 Å². The van der Waals surface area contributed by atoms with Gasteiger partial charge in [0.1, 0.15) is 11.4 Å². The molecule has 1 saturated carbocycles. The molecule has 12 nitrogen and oxygen atoms in total. The number of anilines is 2. The van der Waals surface area contributed by atoms with E-state index in [4.69, 9.17) is 10.5 Å². The number of nitrogens with zero attached hydrogens (tertiary/aromatic N) is 6. The summed E-state index contributed by atoms with van der Waals surface area (Å²) in [5.74, 6) is -0.477. The number of carbonyl (C=O) groups excluding carboxylic acids is 1. The highest BCUT2D eigenvalue weighted by Gasteiger charge is 2.32. The molecule has 37 heavy (non-hydrogen) atoms. The molecule has 2 aliphatic rings. The Bertz CT molecular complexity index is 1360. The van der Waals surface area contributed by atoms with Crippen molar-refractivity contribution in [3.05, 3.63) is 64.7 Å². The molecule has 0 radical (unpaired) electrons. The second-order valence-corrected chi connectivity index (χ2v) is 9.41. The second kappa shape index (κ2) is 9.97. The molecule has 1 aliphatic carbocycles. The third-order valence-corrected chi connectivity index (χ3v) is 6.55. The van der Waals surface area contributed by atoms with Gasteiger partial charge in [-0.25, -0.2) is 4.98 Å². The molecule has 3 heterocycles. The van der Waals surface area contributed by atoms with Crippen LogP contribution in [0.5, 0.6) is 11.6 Å². The average Bonchev–Trinajstić information content (AvgIpc) is 3.62. The maximum absolute atomic E-state index is 12.2. The molecule has 12 heteroatoms. The van der Waals surface area contributed by atoms with Gasteiger partial charge in [-0.05, 0) is 44.2 Å². The molecule has 2 fully saturated rings. The van der Waals surface area contributed by atoms with Gasteiger partial charge in [0.25, 0.3) is 11.6 Å². The van der Waals surface area contributed by atoms with Crippen LogP contribution in [-0.2, 0) is 0 Å². The number of nitrogens with two attached hydrogens (primary N) is 1. The highest BCUT2D eigenvalue weighted by molar-refractivity contribution is 5.96. The highest BCUT2D eigenvalue weighted by atomic mass is 16.6. The number of likely N-dealkylation sites (tertiary alicyclic amines) is 1. The largest absolute Gasteiger partial charge is 0.437 e. The molecule has 1 aliphatic heterocycles. The van der Waals surface area contributed by atoms with Crippen molar-refractivity contribution >= 4 is 28.7 Å². The van der Waals surface area contributed by atoms with Crippen molar-refractivity contribution in [3.63, 3.8) is 0 Å². The van der Waals surface area contributed by atoms with Crippen LogP contribution in [0.3, 0.4) is 0 Å². The molecule has 5 rings (SSSR count). The number of nitrogens with one attached hydrogen (secondary N) is 1. The van der Waals surface area contributed by atoms with E-state index in [9.17, 15) is 14.9 Å². The molecular weight excluding hydrogens is 476 g/mol. The fraction of sp³-hybridized carbons (Fsp3) is 0.360. The van der Waals surface area contributed by atoms with Gasteiger partial charge in [0.2, 0.25) is 5.88 Å². The third kappa shape index (κ3) is 5.43. The zero-order chi connectivity index (χ0) is 26.1. The van der Waals surface area contributed by atoms with Crippen molar-refractivity contribution in [2.24, 2.45) is 5.73 Å². The lowest BCUT2D eigenvalue weighted by Crippen LogP contribution is -2.36. The van der Waals surface area contributed by atoms with Crippen molar-refractivity contribution in [2.45, 2.75) is 44.7 Å². The van der Waals surface area contributed by atoms with Crippen LogP contribution >= 0.6 is 0 Å². The number of piperidine rings is 1. The molecule has 1 aromatic carbocycles. The molecule has 0 spiro atoms. The van der Waals surface area contributed by atoms with Crippen molar-refractivity contribution in [1.29, 1.82) is 0 Å². The first-order valence-electron chi connectivity index (χ1n) is 12.1. The Labute approximate surface area is 213 Å². The normalized spacial score (nSPS) is 16.4. The Hall–Kier alpha value is -4.32. The van der Waals surface area contributed by atoms with Crippen LogP contribution in [0.25, 0.3) is 5.57 Å². The fourth-order valence-corrected chi connectivity index (χ4v) is 4.49. The van der Waals surface area contributed by atoms with Gasteiger partial charge < -0.3 is 20.7 Å². The van der Waals surface area contributed by atoms with Gasteiger partial charge in [0, 0.05) is 31.4 Å². The average molecular weight is 505 g/mol. The summed E-state index contributed by atoms with van der Waals surface area (Å²) in [4.78, 5) is 34.2. The van der Waals surface area contributed by atoms with E-state index >= 15 is 0 Å². The van der Waals surface area contributed by atoms with Gasteiger partial charge in [0.05, 0.1) is 28.9 Å². The Morgan fingerprint density at radius 3 is 2.59 bits per heavy atom. The van der Waals surface area contributed by atoms with Crippen molar-refractivity contribution in [1.82, 2.24) is 24.6 Å². The number of hydrogen-bond acceptors (Lipinski definition) is 9. The quantitative estimate of drug-likeness (QED) is 0.324. The molecule has 1 saturated heterocycles. The number of aromatic nitrogens is 4. The predicted molar refractivity (Wildman–Crippen MR) is 137 cm³/mol. The lowest BCUT2D eigenvalue weighted by Gasteiger charge is -2.32. The van der Waals surface area contributed by atoms with Gasteiger partial charge >= 0.3 is 0 Å². The zero-order valence-electron chi connectivity index (χ0n) is 20.5. The summed E-state index contributed by atoms with van der Waals surface area (Å²) in [5, 5.41) is 18.8. The first kappa shape index (κ1) is 24.4. The summed E-state index contributed by atoms with van der Waals surface area (Å²) in [6.07, 6.45) is 8.20. The summed E-state index contributed by atoms with van der Waals surface area (Å²) in [6.45, 7) is 7.69. The van der Waals surface area contributed by atoms with Gasteiger partial charge in [-0.15, -0.1) is 0 Å². The maximum atomic E-state index is 12.2. The smallest absolute Gasteiger partial charge is 0.273 e. The van der Waals surface area contributed by atoms with E-state index in [1.807, 2.05) is 10.9 Å². The number of amides is 1. The number of nitro benzene ring substituents is 1. The third-order valence-electron chi connectivity index (χ3n) is 6.55. The molecule has 3 aromatic rings. The Kier molecular flexibility index (Phi) is 6.57. The first-order chi connectivity index (χ1) is 17.8. The van der Waals surface area contributed by atoms with Crippen molar-refractivity contribution in [3.8, 4) is 11.6 Å². The van der Waals surface area contributed by atoms with E-state index in [0.717, 1.165) is 32.0 Å². The predicted octanol–water partition coefficient (Wildman–Crippen LogP) is 4.05. The van der Waals surface area contributed by atoms with Crippen LogP contribution in [0.4, 0.5) is 17.2 Å². The molecule has 1 amide bonds. The van der Waals surface area contributed by atoms with Gasteiger partial charge in [-0.3, -0.25) is 19.6 Å². The molecule has 0 atom stereocenters. The first-order valence-corrected chi connectivity index (χ1v) is 12.1.